The topological polar surface area (TPSA) is 12.9 Å². The molecule has 3 heteroatoms. The quantitative estimate of drug-likeness (QED) is 0.570. The molecule has 0 aliphatic rings. The number of halogens is 1. The Kier molecular flexibility index (Phi) is 2.88. The first kappa shape index (κ1) is 11.2. The molecule has 0 atom stereocenters. The van der Waals surface area contributed by atoms with Crippen LogP contribution in [0.1, 0.15) is 5.56 Å². The van der Waals surface area contributed by atoms with Gasteiger partial charge in [-0.25, -0.2) is 4.98 Å². The van der Waals surface area contributed by atoms with Gasteiger partial charge in [0, 0.05) is 9.13 Å². The van der Waals surface area contributed by atoms with Crippen molar-refractivity contribution in [1.82, 2.24) is 4.98 Å². The first-order valence-electron chi connectivity index (χ1n) is 5.35. The number of aromatic nitrogens is 1. The molecule has 0 bridgehead atoms. The number of aryl methyl sites for hydroxylation is 1. The molecule has 2 aromatic carbocycles. The van der Waals surface area contributed by atoms with E-state index in [-0.39, 0.29) is 0 Å². The molecular weight excluding hydrogens is 341 g/mol. The van der Waals surface area contributed by atoms with E-state index < -0.39 is 0 Å². The van der Waals surface area contributed by atoms with Crippen LogP contribution in [0.5, 0.6) is 0 Å². The predicted molar refractivity (Wildman–Crippen MR) is 82.5 cm³/mol. The molecule has 3 aromatic rings. The first-order valence-corrected chi connectivity index (χ1v) is 7.25. The summed E-state index contributed by atoms with van der Waals surface area (Å²) in [5.74, 6) is 0. The van der Waals surface area contributed by atoms with Crippen molar-refractivity contribution < 1.29 is 0 Å². The van der Waals surface area contributed by atoms with Crippen molar-refractivity contribution in [2.45, 2.75) is 6.92 Å². The third-order valence-corrected chi connectivity index (χ3v) is 4.39. The molecule has 0 spiro atoms. The second-order valence-corrected chi connectivity index (χ2v) is 6.27. The van der Waals surface area contributed by atoms with Gasteiger partial charge in [0.05, 0.1) is 10.2 Å². The van der Waals surface area contributed by atoms with Gasteiger partial charge in [-0.05, 0) is 47.7 Å². The fraction of sp³-hybridized carbons (Fsp3) is 0.0714. The van der Waals surface area contributed by atoms with Gasteiger partial charge in [-0.1, -0.05) is 29.8 Å². The summed E-state index contributed by atoms with van der Waals surface area (Å²) in [5, 5.41) is 1.10. The van der Waals surface area contributed by atoms with Crippen LogP contribution in [0.25, 0.3) is 20.8 Å². The molecule has 0 aliphatic heterocycles. The summed E-state index contributed by atoms with van der Waals surface area (Å²) in [5.41, 5.74) is 3.57. The van der Waals surface area contributed by atoms with Gasteiger partial charge in [0.15, 0.2) is 0 Å². The van der Waals surface area contributed by atoms with Crippen LogP contribution < -0.4 is 0 Å². The molecule has 1 nitrogen and oxygen atoms in total. The fourth-order valence-corrected chi connectivity index (χ4v) is 3.43. The number of benzene rings is 2. The van der Waals surface area contributed by atoms with Gasteiger partial charge in [-0.3, -0.25) is 0 Å². The van der Waals surface area contributed by atoms with Crippen molar-refractivity contribution in [3.05, 3.63) is 51.6 Å². The zero-order valence-electron chi connectivity index (χ0n) is 9.27. The van der Waals surface area contributed by atoms with Crippen LogP contribution in [-0.2, 0) is 0 Å². The van der Waals surface area contributed by atoms with Gasteiger partial charge in [0.1, 0.15) is 5.01 Å². The molecule has 1 heterocycles. The summed E-state index contributed by atoms with van der Waals surface area (Å²) < 4.78 is 2.52. The van der Waals surface area contributed by atoms with Gasteiger partial charge >= 0.3 is 0 Å². The Morgan fingerprint density at radius 2 is 1.82 bits per heavy atom. The molecule has 17 heavy (non-hydrogen) atoms. The van der Waals surface area contributed by atoms with Crippen LogP contribution in [0.15, 0.2) is 42.5 Å². The Morgan fingerprint density at radius 1 is 1.06 bits per heavy atom. The summed E-state index contributed by atoms with van der Waals surface area (Å²) in [7, 11) is 0. The van der Waals surface area contributed by atoms with E-state index in [1.54, 1.807) is 11.3 Å². The molecule has 1 aromatic heterocycles. The first-order chi connectivity index (χ1) is 8.22. The molecule has 3 rings (SSSR count). The highest BCUT2D eigenvalue weighted by Crippen LogP contribution is 2.30. The molecule has 0 fully saturated rings. The summed E-state index contributed by atoms with van der Waals surface area (Å²) >= 11 is 4.09. The van der Waals surface area contributed by atoms with Crippen LogP contribution in [-0.4, -0.2) is 4.98 Å². The molecule has 0 aliphatic carbocycles. The average Bonchev–Trinajstić information content (AvgIpc) is 2.72. The number of rotatable bonds is 1. The summed E-state index contributed by atoms with van der Waals surface area (Å²) in [6, 6.07) is 14.9. The third kappa shape index (κ3) is 2.21. The van der Waals surface area contributed by atoms with Crippen molar-refractivity contribution in [3.8, 4) is 10.6 Å². The average molecular weight is 351 g/mol. The van der Waals surface area contributed by atoms with Crippen LogP contribution in [0.3, 0.4) is 0 Å². The van der Waals surface area contributed by atoms with E-state index >= 15 is 0 Å². The fourth-order valence-electron chi connectivity index (χ4n) is 1.72. The highest BCUT2D eigenvalue weighted by atomic mass is 127. The van der Waals surface area contributed by atoms with E-state index in [1.807, 2.05) is 0 Å². The maximum absolute atomic E-state index is 4.67. The number of hydrogen-bond donors (Lipinski definition) is 0. The minimum atomic E-state index is 1.09. The molecule has 0 N–H and O–H groups in total. The van der Waals surface area contributed by atoms with Crippen LogP contribution in [0, 0.1) is 10.5 Å². The smallest absolute Gasteiger partial charge is 0.124 e. The van der Waals surface area contributed by atoms with Crippen molar-refractivity contribution in [3.63, 3.8) is 0 Å². The molecule has 84 valence electrons. The molecule has 0 saturated heterocycles. The minimum absolute atomic E-state index is 1.09. The van der Waals surface area contributed by atoms with E-state index in [1.165, 1.54) is 19.4 Å². The van der Waals surface area contributed by atoms with Crippen LogP contribution in [0.2, 0.25) is 0 Å². The summed E-state index contributed by atoms with van der Waals surface area (Å²) in [6.07, 6.45) is 0. The maximum Gasteiger partial charge on any atom is 0.124 e. The third-order valence-electron chi connectivity index (χ3n) is 2.65. The van der Waals surface area contributed by atoms with E-state index in [2.05, 4.69) is 77.0 Å². The van der Waals surface area contributed by atoms with Gasteiger partial charge in [-0.2, -0.15) is 0 Å². The monoisotopic (exact) mass is 351 g/mol. The molecular formula is C14H10INS. The normalized spacial score (nSPS) is 10.9. The lowest BCUT2D eigenvalue weighted by Crippen LogP contribution is -1.76. The lowest BCUT2D eigenvalue weighted by Gasteiger charge is -1.95. The highest BCUT2D eigenvalue weighted by molar-refractivity contribution is 14.1. The van der Waals surface area contributed by atoms with E-state index in [0.29, 0.717) is 0 Å². The van der Waals surface area contributed by atoms with Crippen molar-refractivity contribution in [1.29, 1.82) is 0 Å². The van der Waals surface area contributed by atoms with Gasteiger partial charge in [-0.15, -0.1) is 11.3 Å². The standard InChI is InChI=1S/C14H10INS/c1-9-2-4-10(5-3-9)14-16-12-7-6-11(15)8-13(12)17-14/h2-8H,1H3. The lowest BCUT2D eigenvalue weighted by atomic mass is 10.2. The number of hydrogen-bond acceptors (Lipinski definition) is 2. The highest BCUT2D eigenvalue weighted by Gasteiger charge is 2.05. The minimum Gasteiger partial charge on any atom is -0.236 e. The zero-order valence-corrected chi connectivity index (χ0v) is 12.2. The molecule has 0 unspecified atom stereocenters. The van der Waals surface area contributed by atoms with Crippen molar-refractivity contribution >= 4 is 44.1 Å². The van der Waals surface area contributed by atoms with Crippen molar-refractivity contribution in [2.24, 2.45) is 0 Å². The lowest BCUT2D eigenvalue weighted by molar-refractivity contribution is 1.44. The Bertz CT molecular complexity index is 670. The van der Waals surface area contributed by atoms with Gasteiger partial charge in [0.25, 0.3) is 0 Å². The Hall–Kier alpha value is -0.940. The number of fused-ring (bicyclic) bond motifs is 1. The molecule has 0 amide bonds. The second-order valence-electron chi connectivity index (χ2n) is 4.00. The predicted octanol–water partition coefficient (Wildman–Crippen LogP) is 4.88. The molecule has 0 saturated carbocycles. The molecule has 0 radical (unpaired) electrons. The zero-order chi connectivity index (χ0) is 11.8. The Morgan fingerprint density at radius 3 is 2.59 bits per heavy atom. The van der Waals surface area contributed by atoms with Crippen LogP contribution in [0.4, 0.5) is 0 Å². The van der Waals surface area contributed by atoms with Crippen molar-refractivity contribution in [2.75, 3.05) is 0 Å². The largest absolute Gasteiger partial charge is 0.236 e. The Labute approximate surface area is 118 Å². The van der Waals surface area contributed by atoms with E-state index in [0.717, 1.165) is 10.5 Å². The van der Waals surface area contributed by atoms with E-state index in [9.17, 15) is 0 Å². The summed E-state index contributed by atoms with van der Waals surface area (Å²) in [6.45, 7) is 2.10. The number of nitrogens with zero attached hydrogens (tertiary/aromatic N) is 1. The van der Waals surface area contributed by atoms with Crippen LogP contribution >= 0.6 is 33.9 Å². The SMILES string of the molecule is Cc1ccc(-c2nc3ccc(I)cc3s2)cc1. The second kappa shape index (κ2) is 4.38. The van der Waals surface area contributed by atoms with Gasteiger partial charge in [0.2, 0.25) is 0 Å². The Balaban J connectivity index is 2.14. The number of thiazole rings is 1. The maximum atomic E-state index is 4.67. The van der Waals surface area contributed by atoms with Gasteiger partial charge < -0.3 is 0 Å². The summed E-state index contributed by atoms with van der Waals surface area (Å²) in [4.78, 5) is 4.67. The van der Waals surface area contributed by atoms with E-state index in [4.69, 9.17) is 0 Å².